The van der Waals surface area contributed by atoms with Crippen LogP contribution in [-0.4, -0.2) is 28.6 Å². The highest BCUT2D eigenvalue weighted by atomic mass is 16.3. The zero-order valence-corrected chi connectivity index (χ0v) is 16.1. The van der Waals surface area contributed by atoms with Gasteiger partial charge in [0.25, 0.3) is 0 Å². The smallest absolute Gasteiger partial charge is 0.134 e. The fourth-order valence-corrected chi connectivity index (χ4v) is 6.50. The molecule has 6 atom stereocenters. The van der Waals surface area contributed by atoms with Crippen molar-refractivity contribution in [1.82, 2.24) is 4.90 Å². The zero-order chi connectivity index (χ0) is 17.8. The molecular weight excluding hydrogens is 322 g/mol. The van der Waals surface area contributed by atoms with Crippen LogP contribution in [0.4, 0.5) is 0 Å². The molecule has 1 N–H and O–H groups in total. The van der Waals surface area contributed by atoms with Crippen molar-refractivity contribution >= 4 is 11.0 Å². The normalized spacial score (nSPS) is 35.5. The first-order chi connectivity index (χ1) is 12.7. The number of furan rings is 1. The lowest BCUT2D eigenvalue weighted by atomic mass is 9.65. The molecule has 4 aliphatic rings. The molecule has 3 heteroatoms. The van der Waals surface area contributed by atoms with E-state index < -0.39 is 0 Å². The van der Waals surface area contributed by atoms with Crippen molar-refractivity contribution in [3.05, 3.63) is 29.5 Å². The molecule has 2 aromatic rings. The van der Waals surface area contributed by atoms with E-state index in [1.807, 2.05) is 12.1 Å². The van der Waals surface area contributed by atoms with Gasteiger partial charge in [0.15, 0.2) is 0 Å². The summed E-state index contributed by atoms with van der Waals surface area (Å²) in [5.74, 6) is 3.80. The second-order valence-electron chi connectivity index (χ2n) is 8.95. The van der Waals surface area contributed by atoms with Gasteiger partial charge < -0.3 is 9.52 Å². The molecular formula is C23H31NO2. The molecule has 6 rings (SSSR count). The highest BCUT2D eigenvalue weighted by Crippen LogP contribution is 2.53. The summed E-state index contributed by atoms with van der Waals surface area (Å²) in [6, 6.07) is 6.92. The maximum absolute atomic E-state index is 10.0. The minimum atomic E-state index is 0.353. The van der Waals surface area contributed by atoms with Crippen molar-refractivity contribution in [3.8, 4) is 5.75 Å². The third kappa shape index (κ3) is 2.43. The molecule has 1 saturated carbocycles. The topological polar surface area (TPSA) is 36.6 Å². The van der Waals surface area contributed by atoms with Gasteiger partial charge in [0.05, 0.1) is 0 Å². The minimum Gasteiger partial charge on any atom is -0.508 e. The van der Waals surface area contributed by atoms with Crippen molar-refractivity contribution in [2.24, 2.45) is 11.8 Å². The van der Waals surface area contributed by atoms with E-state index in [0.717, 1.165) is 29.2 Å². The summed E-state index contributed by atoms with van der Waals surface area (Å²) in [5.41, 5.74) is 2.36. The van der Waals surface area contributed by atoms with E-state index in [2.05, 4.69) is 18.7 Å². The average molecular weight is 354 g/mol. The van der Waals surface area contributed by atoms with Gasteiger partial charge in [0.1, 0.15) is 17.1 Å². The van der Waals surface area contributed by atoms with Crippen molar-refractivity contribution < 1.29 is 9.52 Å². The Hall–Kier alpha value is -1.48. The average Bonchev–Trinajstić information content (AvgIpc) is 2.95. The number of hydrogen-bond donors (Lipinski definition) is 1. The largest absolute Gasteiger partial charge is 0.508 e. The monoisotopic (exact) mass is 353 g/mol. The Balaban J connectivity index is 1.66. The van der Waals surface area contributed by atoms with Gasteiger partial charge in [-0.15, -0.1) is 0 Å². The van der Waals surface area contributed by atoms with Crippen molar-refractivity contribution in [2.75, 3.05) is 6.54 Å². The molecule has 3 nitrogen and oxygen atoms in total. The van der Waals surface area contributed by atoms with Gasteiger partial charge in [-0.25, -0.2) is 0 Å². The van der Waals surface area contributed by atoms with E-state index in [1.54, 1.807) is 6.07 Å². The maximum Gasteiger partial charge on any atom is 0.134 e. The lowest BCUT2D eigenvalue weighted by molar-refractivity contribution is -0.0458. The number of nitrogens with zero attached hydrogens (tertiary/aromatic N) is 1. The van der Waals surface area contributed by atoms with Crippen LogP contribution in [0.15, 0.2) is 22.6 Å². The van der Waals surface area contributed by atoms with Gasteiger partial charge in [-0.1, -0.05) is 26.7 Å². The van der Waals surface area contributed by atoms with Crippen LogP contribution in [-0.2, 0) is 6.42 Å². The van der Waals surface area contributed by atoms with Crippen LogP contribution in [0.2, 0.25) is 0 Å². The Morgan fingerprint density at radius 1 is 1.15 bits per heavy atom. The Labute approximate surface area is 156 Å². The van der Waals surface area contributed by atoms with Gasteiger partial charge in [-0.05, 0) is 62.1 Å². The first-order valence-corrected chi connectivity index (χ1v) is 10.7. The Bertz CT molecular complexity index is 810. The van der Waals surface area contributed by atoms with E-state index in [-0.39, 0.29) is 0 Å². The minimum absolute atomic E-state index is 0.353. The van der Waals surface area contributed by atoms with Crippen molar-refractivity contribution in [1.29, 1.82) is 0 Å². The SMILES string of the molecule is CCC[C@H]1C[C@H]2C[C@H]3c4oc5ccc(O)cc5c4C[C@H](CCC)N(C2)C13. The molecule has 26 heavy (non-hydrogen) atoms. The molecule has 0 radical (unpaired) electrons. The third-order valence-corrected chi connectivity index (χ3v) is 7.30. The van der Waals surface area contributed by atoms with E-state index >= 15 is 0 Å². The first kappa shape index (κ1) is 16.7. The van der Waals surface area contributed by atoms with Crippen LogP contribution >= 0.6 is 0 Å². The third-order valence-electron chi connectivity index (χ3n) is 7.30. The highest BCUT2D eigenvalue weighted by molar-refractivity contribution is 5.84. The Kier molecular flexibility index (Phi) is 4.04. The predicted molar refractivity (Wildman–Crippen MR) is 105 cm³/mol. The number of piperidine rings is 2. The van der Waals surface area contributed by atoms with E-state index in [4.69, 9.17) is 4.42 Å². The molecule has 0 amide bonds. The summed E-state index contributed by atoms with van der Waals surface area (Å²) in [5, 5.41) is 11.2. The van der Waals surface area contributed by atoms with E-state index in [0.29, 0.717) is 23.8 Å². The molecule has 3 aliphatic heterocycles. The summed E-state index contributed by atoms with van der Waals surface area (Å²) < 4.78 is 6.48. The number of fused-ring (bicyclic) bond motifs is 4. The molecule has 4 bridgehead atoms. The maximum atomic E-state index is 10.0. The van der Waals surface area contributed by atoms with Crippen LogP contribution < -0.4 is 0 Å². The second kappa shape index (κ2) is 6.30. The number of phenols is 1. The lowest BCUT2D eigenvalue weighted by Crippen LogP contribution is -2.59. The summed E-state index contributed by atoms with van der Waals surface area (Å²) in [6.45, 7) is 5.94. The molecule has 2 saturated heterocycles. The molecule has 4 heterocycles. The fraction of sp³-hybridized carbons (Fsp3) is 0.652. The highest BCUT2D eigenvalue weighted by Gasteiger charge is 2.52. The zero-order valence-electron chi connectivity index (χ0n) is 16.1. The standard InChI is InChI=1S/C23H31NO2/c1-3-5-15-9-14-10-20-22(15)24(13-14)16(6-4-2)11-19-18-12-17(25)7-8-21(18)26-23(19)20/h7-8,12,14-16,20,22,25H,3-6,9-11,13H2,1-2H3/t14-,15-,16-,20+,22?/m0/s1. The van der Waals surface area contributed by atoms with Crippen LogP contribution in [0.1, 0.15) is 69.6 Å². The summed E-state index contributed by atoms with van der Waals surface area (Å²) in [7, 11) is 0. The molecule has 1 aliphatic carbocycles. The number of rotatable bonds is 4. The van der Waals surface area contributed by atoms with Crippen LogP contribution in [0.3, 0.4) is 0 Å². The van der Waals surface area contributed by atoms with E-state index in [9.17, 15) is 5.11 Å². The Morgan fingerprint density at radius 2 is 2.00 bits per heavy atom. The molecule has 2 unspecified atom stereocenters. The number of hydrogen-bond acceptors (Lipinski definition) is 3. The Morgan fingerprint density at radius 3 is 2.81 bits per heavy atom. The van der Waals surface area contributed by atoms with Gasteiger partial charge in [0.2, 0.25) is 0 Å². The summed E-state index contributed by atoms with van der Waals surface area (Å²) in [6.07, 6.45) is 8.92. The van der Waals surface area contributed by atoms with Crippen LogP contribution in [0.25, 0.3) is 11.0 Å². The molecule has 1 aromatic heterocycles. The second-order valence-corrected chi connectivity index (χ2v) is 8.95. The fourth-order valence-electron chi connectivity index (χ4n) is 6.50. The quantitative estimate of drug-likeness (QED) is 0.793. The lowest BCUT2D eigenvalue weighted by Gasteiger charge is -2.55. The number of aromatic hydroxyl groups is 1. The van der Waals surface area contributed by atoms with Crippen LogP contribution in [0, 0.1) is 11.8 Å². The van der Waals surface area contributed by atoms with Gasteiger partial charge in [-0.3, -0.25) is 4.90 Å². The van der Waals surface area contributed by atoms with Gasteiger partial charge >= 0.3 is 0 Å². The van der Waals surface area contributed by atoms with Gasteiger partial charge in [-0.2, -0.15) is 0 Å². The van der Waals surface area contributed by atoms with E-state index in [1.165, 1.54) is 56.4 Å². The first-order valence-electron chi connectivity index (χ1n) is 10.7. The molecule has 140 valence electrons. The van der Waals surface area contributed by atoms with Crippen LogP contribution in [0.5, 0.6) is 5.75 Å². The molecule has 3 fully saturated rings. The van der Waals surface area contributed by atoms with Crippen molar-refractivity contribution in [2.45, 2.75) is 76.8 Å². The predicted octanol–water partition coefficient (Wildman–Crippen LogP) is 5.46. The van der Waals surface area contributed by atoms with Gasteiger partial charge in [0, 0.05) is 35.5 Å². The number of benzene rings is 1. The summed E-state index contributed by atoms with van der Waals surface area (Å²) in [4.78, 5) is 2.89. The van der Waals surface area contributed by atoms with Crippen molar-refractivity contribution in [3.63, 3.8) is 0 Å². The number of phenolic OH excluding ortho intramolecular Hbond substituents is 1. The molecule has 0 spiro atoms. The molecule has 1 aromatic carbocycles. The summed E-state index contributed by atoms with van der Waals surface area (Å²) >= 11 is 0.